The highest BCUT2D eigenvalue weighted by Crippen LogP contribution is 2.23. The van der Waals surface area contributed by atoms with Crippen LogP contribution in [-0.4, -0.2) is 60.4 Å². The van der Waals surface area contributed by atoms with Gasteiger partial charge in [0, 0.05) is 32.7 Å². The molecule has 1 amide bonds. The minimum absolute atomic E-state index is 0.0117. The van der Waals surface area contributed by atoms with Crippen molar-refractivity contribution in [2.45, 2.75) is 51.4 Å². The van der Waals surface area contributed by atoms with E-state index < -0.39 is 24.3 Å². The monoisotopic (exact) mass is 296 g/mol. The normalized spacial score (nSPS) is 21.1. The maximum Gasteiger partial charge on any atom is 0.410 e. The third kappa shape index (κ3) is 5.98. The van der Waals surface area contributed by atoms with E-state index in [1.807, 2.05) is 0 Å². The van der Waals surface area contributed by atoms with E-state index in [0.29, 0.717) is 19.5 Å². The minimum atomic E-state index is -4.13. The van der Waals surface area contributed by atoms with Gasteiger partial charge in [0.2, 0.25) is 0 Å². The van der Waals surface area contributed by atoms with Crippen molar-refractivity contribution in [3.8, 4) is 0 Å². The molecule has 1 atom stereocenters. The van der Waals surface area contributed by atoms with Gasteiger partial charge in [-0.1, -0.05) is 0 Å². The molecule has 1 aliphatic rings. The molecule has 0 aromatic carbocycles. The van der Waals surface area contributed by atoms with Gasteiger partial charge in [-0.15, -0.1) is 0 Å². The molecule has 1 heterocycles. The average Bonchev–Trinajstić information content (AvgIpc) is 2.70. The summed E-state index contributed by atoms with van der Waals surface area (Å²) in [5.41, 5.74) is -0.570. The number of carbonyl (C=O) groups is 1. The van der Waals surface area contributed by atoms with E-state index in [0.717, 1.165) is 0 Å². The summed E-state index contributed by atoms with van der Waals surface area (Å²) in [6.45, 7) is 6.37. The number of halogens is 3. The van der Waals surface area contributed by atoms with E-state index in [1.165, 1.54) is 4.90 Å². The van der Waals surface area contributed by atoms with Gasteiger partial charge in [-0.2, -0.15) is 13.2 Å². The van der Waals surface area contributed by atoms with Crippen LogP contribution in [0.2, 0.25) is 0 Å². The Morgan fingerprint density at radius 1 is 1.35 bits per heavy atom. The molecule has 1 rings (SSSR count). The number of likely N-dealkylation sites (N-methyl/N-ethyl adjacent to an activating group) is 1. The highest BCUT2D eigenvalue weighted by Gasteiger charge is 2.33. The number of carbonyl (C=O) groups excluding carboxylic acids is 1. The third-order valence-electron chi connectivity index (χ3n) is 3.19. The first kappa shape index (κ1) is 17.1. The molecule has 0 N–H and O–H groups in total. The molecular formula is C13H23F3N2O2. The Balaban J connectivity index is 2.41. The first-order valence-electron chi connectivity index (χ1n) is 6.73. The van der Waals surface area contributed by atoms with Crippen LogP contribution in [0.4, 0.5) is 18.0 Å². The van der Waals surface area contributed by atoms with E-state index in [9.17, 15) is 18.0 Å². The lowest BCUT2D eigenvalue weighted by Crippen LogP contribution is -2.42. The molecule has 1 fully saturated rings. The van der Waals surface area contributed by atoms with Crippen LogP contribution in [0.5, 0.6) is 0 Å². The minimum Gasteiger partial charge on any atom is -0.444 e. The van der Waals surface area contributed by atoms with E-state index >= 15 is 0 Å². The molecule has 0 saturated carbocycles. The predicted octanol–water partition coefficient (Wildman–Crippen LogP) is 2.88. The fourth-order valence-electron chi connectivity index (χ4n) is 2.10. The SMILES string of the molecule is CN(C(=O)OC(C)(C)C)[C@@H]1CCN(CCC(F)(F)F)C1. The van der Waals surface area contributed by atoms with Crippen molar-refractivity contribution in [3.05, 3.63) is 0 Å². The fraction of sp³-hybridized carbons (Fsp3) is 0.923. The molecular weight excluding hydrogens is 273 g/mol. The molecule has 0 bridgehead atoms. The molecule has 118 valence electrons. The summed E-state index contributed by atoms with van der Waals surface area (Å²) in [5.74, 6) is 0. The van der Waals surface area contributed by atoms with Crippen molar-refractivity contribution in [2.24, 2.45) is 0 Å². The van der Waals surface area contributed by atoms with Crippen LogP contribution in [0, 0.1) is 0 Å². The molecule has 7 heteroatoms. The van der Waals surface area contributed by atoms with Crippen LogP contribution < -0.4 is 0 Å². The summed E-state index contributed by atoms with van der Waals surface area (Å²) < 4.78 is 41.8. The van der Waals surface area contributed by atoms with Gasteiger partial charge in [0.15, 0.2) is 0 Å². The van der Waals surface area contributed by atoms with Crippen molar-refractivity contribution in [2.75, 3.05) is 26.7 Å². The third-order valence-corrected chi connectivity index (χ3v) is 3.19. The summed E-state index contributed by atoms with van der Waals surface area (Å²) in [7, 11) is 1.63. The number of ether oxygens (including phenoxy) is 1. The largest absolute Gasteiger partial charge is 0.444 e. The molecule has 4 nitrogen and oxygen atoms in total. The summed E-state index contributed by atoms with van der Waals surface area (Å²) in [5, 5.41) is 0. The zero-order chi connectivity index (χ0) is 15.6. The van der Waals surface area contributed by atoms with Gasteiger partial charge in [0.1, 0.15) is 5.60 Å². The Hall–Kier alpha value is -0.980. The number of hydrogen-bond donors (Lipinski definition) is 0. The summed E-state index contributed by atoms with van der Waals surface area (Å²) in [6.07, 6.45) is -4.70. The number of amides is 1. The smallest absolute Gasteiger partial charge is 0.410 e. The first-order chi connectivity index (χ1) is 8.98. The zero-order valence-corrected chi connectivity index (χ0v) is 12.5. The standard InChI is InChI=1S/C13H23F3N2O2/c1-12(2,3)20-11(19)17(4)10-5-7-18(9-10)8-6-13(14,15)16/h10H,5-9H2,1-4H3/t10-/m1/s1. The lowest BCUT2D eigenvalue weighted by molar-refractivity contribution is -0.137. The Kier molecular flexibility index (Phi) is 5.29. The molecule has 0 aromatic heterocycles. The number of rotatable bonds is 3. The number of likely N-dealkylation sites (tertiary alicyclic amines) is 1. The number of hydrogen-bond acceptors (Lipinski definition) is 3. The van der Waals surface area contributed by atoms with Crippen molar-refractivity contribution < 1.29 is 22.7 Å². The topological polar surface area (TPSA) is 32.8 Å². The van der Waals surface area contributed by atoms with E-state index in [1.54, 1.807) is 32.7 Å². The van der Waals surface area contributed by atoms with Crippen LogP contribution in [0.15, 0.2) is 0 Å². The van der Waals surface area contributed by atoms with Gasteiger partial charge in [-0.3, -0.25) is 0 Å². The van der Waals surface area contributed by atoms with Crippen LogP contribution in [0.3, 0.4) is 0 Å². The fourth-order valence-corrected chi connectivity index (χ4v) is 2.10. The van der Waals surface area contributed by atoms with Crippen molar-refractivity contribution in [1.29, 1.82) is 0 Å². The Morgan fingerprint density at radius 2 is 1.95 bits per heavy atom. The maximum atomic E-state index is 12.2. The quantitative estimate of drug-likeness (QED) is 0.803. The number of alkyl halides is 3. The lowest BCUT2D eigenvalue weighted by atomic mass is 10.2. The van der Waals surface area contributed by atoms with Gasteiger partial charge >= 0.3 is 12.3 Å². The molecule has 1 saturated heterocycles. The van der Waals surface area contributed by atoms with Gasteiger partial charge in [0.25, 0.3) is 0 Å². The average molecular weight is 296 g/mol. The van der Waals surface area contributed by atoms with Crippen molar-refractivity contribution >= 4 is 6.09 Å². The second kappa shape index (κ2) is 6.20. The predicted molar refractivity (Wildman–Crippen MR) is 69.5 cm³/mol. The maximum absolute atomic E-state index is 12.2. The van der Waals surface area contributed by atoms with E-state index in [-0.39, 0.29) is 12.6 Å². The molecule has 1 aliphatic heterocycles. The molecule has 0 aromatic rings. The second-order valence-electron chi connectivity index (χ2n) is 6.20. The van der Waals surface area contributed by atoms with Crippen molar-refractivity contribution in [3.63, 3.8) is 0 Å². The van der Waals surface area contributed by atoms with Crippen LogP contribution in [0.1, 0.15) is 33.6 Å². The summed E-state index contributed by atoms with van der Waals surface area (Å²) in [6, 6.07) is -0.0851. The summed E-state index contributed by atoms with van der Waals surface area (Å²) >= 11 is 0. The van der Waals surface area contributed by atoms with Crippen LogP contribution in [-0.2, 0) is 4.74 Å². The number of nitrogens with zero attached hydrogens (tertiary/aromatic N) is 2. The molecule has 20 heavy (non-hydrogen) atoms. The first-order valence-corrected chi connectivity index (χ1v) is 6.73. The Morgan fingerprint density at radius 3 is 2.45 bits per heavy atom. The molecule has 0 radical (unpaired) electrons. The van der Waals surface area contributed by atoms with Gasteiger partial charge in [-0.25, -0.2) is 4.79 Å². The molecule has 0 spiro atoms. The van der Waals surface area contributed by atoms with E-state index in [2.05, 4.69) is 0 Å². The van der Waals surface area contributed by atoms with Gasteiger partial charge < -0.3 is 14.5 Å². The van der Waals surface area contributed by atoms with Crippen LogP contribution in [0.25, 0.3) is 0 Å². The van der Waals surface area contributed by atoms with Crippen molar-refractivity contribution in [1.82, 2.24) is 9.80 Å². The van der Waals surface area contributed by atoms with Gasteiger partial charge in [-0.05, 0) is 27.2 Å². The molecule has 0 aliphatic carbocycles. The van der Waals surface area contributed by atoms with E-state index in [4.69, 9.17) is 4.74 Å². The molecule has 0 unspecified atom stereocenters. The highest BCUT2D eigenvalue weighted by atomic mass is 19.4. The van der Waals surface area contributed by atoms with Crippen LogP contribution >= 0.6 is 0 Å². The summed E-state index contributed by atoms with van der Waals surface area (Å²) in [4.78, 5) is 15.1. The second-order valence-corrected chi connectivity index (χ2v) is 6.20. The van der Waals surface area contributed by atoms with Gasteiger partial charge in [0.05, 0.1) is 6.42 Å². The Labute approximate surface area is 117 Å². The lowest BCUT2D eigenvalue weighted by Gasteiger charge is -2.28. The Bertz CT molecular complexity index is 339. The zero-order valence-electron chi connectivity index (χ0n) is 12.5. The highest BCUT2D eigenvalue weighted by molar-refractivity contribution is 5.68.